The number of quaternary nitrogens is 1. The topological polar surface area (TPSA) is 260 Å². The number of likely N-dealkylation sites (N-methyl/N-ethyl adjacent to an activating group) is 1. The zero-order chi connectivity index (χ0) is 43.2. The highest BCUT2D eigenvalue weighted by molar-refractivity contribution is 7.53. The maximum absolute atomic E-state index is 11.8. The van der Waals surface area contributed by atoms with E-state index in [0.717, 1.165) is 17.9 Å². The number of rotatable bonds is 27. The Hall–Kier alpha value is -0.400. The molecule has 54 heavy (non-hydrogen) atoms. The molecule has 0 radical (unpaired) electrons. The summed E-state index contributed by atoms with van der Waals surface area (Å²) in [6.07, 6.45) is 3.33. The van der Waals surface area contributed by atoms with E-state index < -0.39 is 22.8 Å². The molecule has 0 saturated carbocycles. The first-order valence-corrected chi connectivity index (χ1v) is 23.2. The van der Waals surface area contributed by atoms with Crippen LogP contribution in [0.1, 0.15) is 60.3 Å². The minimum atomic E-state index is -3.78. The number of aliphatic hydroxyl groups excluding tert-OH is 2. The third-order valence-corrected chi connectivity index (χ3v) is 9.95. The Labute approximate surface area is 326 Å². The number of ether oxygens (including phenoxy) is 5. The Morgan fingerprint density at radius 1 is 0.630 bits per heavy atom. The number of amides is 1. The Morgan fingerprint density at radius 3 is 1.33 bits per heavy atom. The average molecular weight is 857 g/mol. The molecule has 0 aromatic rings. The van der Waals surface area contributed by atoms with Gasteiger partial charge >= 0.3 is 22.8 Å². The zero-order valence-corrected chi connectivity index (χ0v) is 37.5. The van der Waals surface area contributed by atoms with E-state index in [9.17, 15) is 18.5 Å². The van der Waals surface area contributed by atoms with Crippen molar-refractivity contribution in [3.05, 3.63) is 7.05 Å². The van der Waals surface area contributed by atoms with Crippen molar-refractivity contribution in [1.29, 1.82) is 0 Å². The van der Waals surface area contributed by atoms with Crippen molar-refractivity contribution in [3.63, 3.8) is 0 Å². The monoisotopic (exact) mass is 856 g/mol. The van der Waals surface area contributed by atoms with Crippen molar-refractivity contribution in [2.45, 2.75) is 60.3 Å². The quantitative estimate of drug-likeness (QED) is 0.0355. The Balaban J connectivity index is -0.000000131. The van der Waals surface area contributed by atoms with Crippen LogP contribution in [0.25, 0.3) is 0 Å². The van der Waals surface area contributed by atoms with Gasteiger partial charge < -0.3 is 72.4 Å². The van der Waals surface area contributed by atoms with Gasteiger partial charge in [-0.3, -0.25) is 18.5 Å². The van der Waals surface area contributed by atoms with E-state index in [4.69, 9.17) is 48.2 Å². The molecule has 0 saturated heterocycles. The highest BCUT2D eigenvalue weighted by atomic mass is 31.2. The van der Waals surface area contributed by atoms with Crippen LogP contribution in [0.2, 0.25) is 0 Å². The van der Waals surface area contributed by atoms with Crippen molar-refractivity contribution in [1.82, 2.24) is 5.32 Å². The average Bonchev–Trinajstić information content (AvgIpc) is 3.07. The summed E-state index contributed by atoms with van der Waals surface area (Å²) in [5.41, 5.74) is 0. The van der Waals surface area contributed by atoms with E-state index in [1.54, 1.807) is 28.3 Å². The number of aliphatic hydroxyl groups is 2. The van der Waals surface area contributed by atoms with Crippen LogP contribution < -0.4 is 10.2 Å². The van der Waals surface area contributed by atoms with E-state index in [-0.39, 0.29) is 44.7 Å². The highest BCUT2D eigenvalue weighted by Crippen LogP contribution is 2.48. The number of methoxy groups -OCH3 is 5. The van der Waals surface area contributed by atoms with E-state index in [1.165, 1.54) is 14.2 Å². The number of nitrogens with one attached hydrogen (secondary N) is 2. The molecule has 1 atom stereocenters. The molecule has 334 valence electrons. The molecule has 1 unspecified atom stereocenters. The van der Waals surface area contributed by atoms with Crippen LogP contribution in [0.5, 0.6) is 0 Å². The molecule has 22 heteroatoms. The maximum Gasteiger partial charge on any atom is 0.330 e. The lowest BCUT2D eigenvalue weighted by Crippen LogP contribution is -3.07. The van der Waals surface area contributed by atoms with Gasteiger partial charge in [-0.1, -0.05) is 6.92 Å². The van der Waals surface area contributed by atoms with Crippen LogP contribution >= 0.6 is 22.8 Å². The molecule has 0 aliphatic heterocycles. The standard InChI is InChI=1S/C8H19O4P.C6H15O4P.C5H13NO2.C5H11NO2.C4H11O4P.C4H10O/c1-4-11-13(9,12-5-2)8-6-7-10-3;1-3-10-11(7,8)6-4-5-9-2;1-6(2-4-7)3-5-8;1-3-6-5(7)4-8-2;1-8-3-2-4-9(5,6)7;1-3-4-5-2/h4-8H2,1-3H3;3-6H2,1-2H3,(H,7,8);6-8H,1-5H2;3-4H2,1-2H3,(H,6,7);2-4H2,1H3,(H2,5,6,7);3-4H2,1-2H3. The fourth-order valence-corrected chi connectivity index (χ4v) is 6.32. The molecular formula is C32H79N2O17P3. The Bertz CT molecular complexity index is 848. The van der Waals surface area contributed by atoms with E-state index in [2.05, 4.69) is 33.3 Å². The number of hydrogen-bond donors (Lipinski definition) is 7. The van der Waals surface area contributed by atoms with Gasteiger partial charge in [-0.15, -0.1) is 0 Å². The first-order valence-electron chi connectivity index (χ1n) is 17.9. The predicted octanol–water partition coefficient (Wildman–Crippen LogP) is 2.19. The second-order valence-corrected chi connectivity index (χ2v) is 16.4. The summed E-state index contributed by atoms with van der Waals surface area (Å²) in [7, 11) is 1.59. The van der Waals surface area contributed by atoms with Gasteiger partial charge in [-0.25, -0.2) is 0 Å². The number of carbonyl (C=O) groups is 1. The summed E-state index contributed by atoms with van der Waals surface area (Å²) < 4.78 is 71.1. The van der Waals surface area contributed by atoms with Gasteiger partial charge in [-0.2, -0.15) is 7.05 Å². The minimum Gasteiger partial charge on any atom is -0.464 e. The smallest absolute Gasteiger partial charge is 0.330 e. The highest BCUT2D eigenvalue weighted by Gasteiger charge is 2.22. The van der Waals surface area contributed by atoms with Crippen molar-refractivity contribution in [2.75, 3.05) is 140 Å². The fraction of sp³-hybridized carbons (Fsp3) is 0.938. The molecule has 0 aliphatic rings. The van der Waals surface area contributed by atoms with Crippen molar-refractivity contribution >= 4 is 28.7 Å². The Kier molecular flexibility index (Phi) is 61.4. The summed E-state index contributed by atoms with van der Waals surface area (Å²) in [5, 5.41) is 19.2. The van der Waals surface area contributed by atoms with Crippen molar-refractivity contribution in [3.8, 4) is 0 Å². The molecule has 0 rings (SSSR count). The second kappa shape index (κ2) is 50.6. The largest absolute Gasteiger partial charge is 0.464 e. The zero-order valence-electron chi connectivity index (χ0n) is 34.8. The molecule has 0 heterocycles. The summed E-state index contributed by atoms with van der Waals surface area (Å²) in [6, 6.07) is 0. The molecular weight excluding hydrogens is 777 g/mol. The van der Waals surface area contributed by atoms with Crippen LogP contribution in [0, 0.1) is 7.05 Å². The third kappa shape index (κ3) is 69.5. The lowest BCUT2D eigenvalue weighted by Gasteiger charge is -2.17. The molecule has 0 aliphatic carbocycles. The van der Waals surface area contributed by atoms with Crippen LogP contribution in [-0.4, -0.2) is 171 Å². The van der Waals surface area contributed by atoms with Crippen LogP contribution in [0.15, 0.2) is 0 Å². The maximum atomic E-state index is 11.8. The molecule has 1 amide bonds. The predicted molar refractivity (Wildman–Crippen MR) is 211 cm³/mol. The van der Waals surface area contributed by atoms with Crippen molar-refractivity contribution < 1.29 is 85.5 Å². The molecule has 0 aromatic carbocycles. The third-order valence-electron chi connectivity index (χ3n) is 5.34. The van der Waals surface area contributed by atoms with Gasteiger partial charge in [0.25, 0.3) is 0 Å². The van der Waals surface area contributed by atoms with Gasteiger partial charge in [0.1, 0.15) is 6.61 Å². The Morgan fingerprint density at radius 2 is 1.04 bits per heavy atom. The number of carbonyl (C=O) groups excluding carboxylic acids is 1. The number of hydrogen-bond acceptors (Lipinski definition) is 14. The van der Waals surface area contributed by atoms with Gasteiger partial charge in [-0.05, 0) is 53.4 Å². The minimum absolute atomic E-state index is 0.0602. The fourth-order valence-electron chi connectivity index (χ4n) is 3.08. The normalized spacial score (nSPS) is 11.8. The van der Waals surface area contributed by atoms with E-state index in [1.807, 2.05) is 20.8 Å². The van der Waals surface area contributed by atoms with Crippen LogP contribution in [-0.2, 0) is 55.7 Å². The molecule has 0 spiro atoms. The molecule has 0 aromatic heterocycles. The first kappa shape index (κ1) is 65.5. The summed E-state index contributed by atoms with van der Waals surface area (Å²) in [6.45, 7) is 15.1. The lowest BCUT2D eigenvalue weighted by atomic mass is 10.5. The van der Waals surface area contributed by atoms with Gasteiger partial charge in [0.2, 0.25) is 5.91 Å². The summed E-state index contributed by atoms with van der Waals surface area (Å²) in [5.74, 6) is -0.0602. The summed E-state index contributed by atoms with van der Waals surface area (Å²) in [4.78, 5) is 36.9. The molecule has 0 bridgehead atoms. The second-order valence-electron chi connectivity index (χ2n) is 10.5. The lowest BCUT2D eigenvalue weighted by molar-refractivity contribution is -0.854. The molecule has 19 nitrogen and oxygen atoms in total. The SMILES string of the molecule is CCCOC.CCNC(=O)COC.CCOP(=O)(CCCOC)OCC.CCOP(=O)(O)CCCOC.COCCCP(=O)(O)O.[CH2-][NH+](CCO)CCO. The molecule has 7 N–H and O–H groups in total. The van der Waals surface area contributed by atoms with E-state index >= 15 is 0 Å². The molecule has 0 fully saturated rings. The van der Waals surface area contributed by atoms with Crippen LogP contribution in [0.4, 0.5) is 0 Å². The summed E-state index contributed by atoms with van der Waals surface area (Å²) >= 11 is 0. The van der Waals surface area contributed by atoms with Gasteiger partial charge in [0.05, 0.1) is 64.6 Å². The first-order chi connectivity index (χ1) is 25.4. The van der Waals surface area contributed by atoms with Crippen LogP contribution in [0.3, 0.4) is 0 Å². The van der Waals surface area contributed by atoms with E-state index in [0.29, 0.717) is 78.1 Å². The van der Waals surface area contributed by atoms with Gasteiger partial charge in [0.15, 0.2) is 0 Å². The van der Waals surface area contributed by atoms with Crippen molar-refractivity contribution in [2.24, 2.45) is 0 Å². The van der Waals surface area contributed by atoms with Gasteiger partial charge in [0, 0.05) is 68.5 Å².